The molecule has 40 heavy (non-hydrogen) atoms. The highest BCUT2D eigenvalue weighted by Gasteiger charge is 2.52. The number of hydrazine groups is 1. The molecule has 0 aromatic rings. The van der Waals surface area contributed by atoms with Gasteiger partial charge >= 0.3 is 0 Å². The van der Waals surface area contributed by atoms with Crippen molar-refractivity contribution in [1.29, 1.82) is 0 Å². The zero-order valence-electron chi connectivity index (χ0n) is 24.8. The van der Waals surface area contributed by atoms with Crippen molar-refractivity contribution >= 4 is 29.4 Å². The van der Waals surface area contributed by atoms with Gasteiger partial charge in [-0.2, -0.15) is 0 Å². The second-order valence-corrected chi connectivity index (χ2v) is 11.6. The van der Waals surface area contributed by atoms with E-state index in [4.69, 9.17) is 5.73 Å². The minimum absolute atomic E-state index is 0.112. The molecule has 4 amide bonds. The number of nitrogens with two attached hydrogens (primary N) is 1. The number of Topliss-reactive ketones (excluding diaryl/α,β-unsaturated/α-hetero) is 1. The molecule has 0 aromatic carbocycles. The third-order valence-electron chi connectivity index (χ3n) is 8.01. The van der Waals surface area contributed by atoms with E-state index in [1.54, 1.807) is 6.92 Å². The Morgan fingerprint density at radius 3 is 2.02 bits per heavy atom. The number of carbonyl (C=O) groups excluding carboxylic acids is 5. The maximum absolute atomic E-state index is 12.8. The number of ketones is 1. The number of hydrogen-bond acceptors (Lipinski definition) is 6. The maximum atomic E-state index is 12.8. The van der Waals surface area contributed by atoms with E-state index in [1.165, 1.54) is 51.4 Å². The first kappa shape index (κ1) is 33.5. The second-order valence-electron chi connectivity index (χ2n) is 11.6. The van der Waals surface area contributed by atoms with Crippen molar-refractivity contribution < 1.29 is 24.0 Å². The lowest BCUT2D eigenvalue weighted by Crippen LogP contribution is -2.54. The molecule has 0 saturated heterocycles. The van der Waals surface area contributed by atoms with Crippen molar-refractivity contribution in [2.45, 2.75) is 148 Å². The SMILES string of the molecule is CCCCCCCCCCCCCC(=O)NN[C@H](CC(N)=O)C(=O)N[C@@H](C)CCC(=O)C1=C(C)C2(CC2)NC1=O. The summed E-state index contributed by atoms with van der Waals surface area (Å²) in [6.07, 6.45) is 15.3. The molecule has 1 spiro atoms. The van der Waals surface area contributed by atoms with Gasteiger partial charge in [0.25, 0.3) is 5.91 Å². The summed E-state index contributed by atoms with van der Waals surface area (Å²) in [5.74, 6) is -1.98. The molecule has 1 saturated carbocycles. The molecule has 6 N–H and O–H groups in total. The summed E-state index contributed by atoms with van der Waals surface area (Å²) in [6, 6.07) is -1.42. The molecule has 0 aromatic heterocycles. The van der Waals surface area contributed by atoms with E-state index in [1.807, 2.05) is 6.92 Å². The molecule has 1 aliphatic heterocycles. The van der Waals surface area contributed by atoms with Crippen LogP contribution in [-0.2, 0) is 24.0 Å². The van der Waals surface area contributed by atoms with Gasteiger partial charge in [0.15, 0.2) is 5.78 Å². The minimum atomic E-state index is -1.03. The largest absolute Gasteiger partial charge is 0.370 e. The average molecular weight is 562 g/mol. The van der Waals surface area contributed by atoms with Crippen LogP contribution < -0.4 is 27.2 Å². The van der Waals surface area contributed by atoms with Crippen molar-refractivity contribution in [1.82, 2.24) is 21.5 Å². The highest BCUT2D eigenvalue weighted by molar-refractivity contribution is 6.22. The Bertz CT molecular complexity index is 927. The average Bonchev–Trinajstić information content (AvgIpc) is 3.63. The molecule has 1 aliphatic carbocycles. The third kappa shape index (κ3) is 11.4. The molecule has 0 unspecified atom stereocenters. The highest BCUT2D eigenvalue weighted by atomic mass is 16.2. The van der Waals surface area contributed by atoms with E-state index in [0.29, 0.717) is 12.8 Å². The van der Waals surface area contributed by atoms with Crippen molar-refractivity contribution in [2.75, 3.05) is 0 Å². The second kappa shape index (κ2) is 17.1. The van der Waals surface area contributed by atoms with E-state index < -0.39 is 17.9 Å². The van der Waals surface area contributed by atoms with Gasteiger partial charge in [0.1, 0.15) is 6.04 Å². The van der Waals surface area contributed by atoms with E-state index in [9.17, 15) is 24.0 Å². The van der Waals surface area contributed by atoms with Gasteiger partial charge in [-0.1, -0.05) is 71.1 Å². The zero-order chi connectivity index (χ0) is 29.5. The fourth-order valence-electron chi connectivity index (χ4n) is 5.22. The normalized spacial score (nSPS) is 16.9. The first-order chi connectivity index (χ1) is 19.1. The summed E-state index contributed by atoms with van der Waals surface area (Å²) in [4.78, 5) is 61.5. The fraction of sp³-hybridized carbons (Fsp3) is 0.767. The van der Waals surface area contributed by atoms with Crippen LogP contribution in [0, 0.1) is 0 Å². The monoisotopic (exact) mass is 561 g/mol. The van der Waals surface area contributed by atoms with Crippen LogP contribution in [0.1, 0.15) is 130 Å². The molecule has 1 heterocycles. The van der Waals surface area contributed by atoms with Crippen molar-refractivity contribution in [3.8, 4) is 0 Å². The van der Waals surface area contributed by atoms with E-state index in [0.717, 1.165) is 37.7 Å². The van der Waals surface area contributed by atoms with Crippen LogP contribution in [0.25, 0.3) is 0 Å². The zero-order valence-corrected chi connectivity index (χ0v) is 24.8. The molecule has 10 nitrogen and oxygen atoms in total. The lowest BCUT2D eigenvalue weighted by atomic mass is 9.98. The smallest absolute Gasteiger partial charge is 0.255 e. The van der Waals surface area contributed by atoms with Gasteiger partial charge in [-0.15, -0.1) is 0 Å². The Balaban J connectivity index is 1.64. The van der Waals surface area contributed by atoms with E-state index in [2.05, 4.69) is 28.4 Å². The molecule has 2 aliphatic rings. The predicted octanol–water partition coefficient (Wildman–Crippen LogP) is 3.39. The standard InChI is InChI=1S/C30H51N5O5/c1-4-5-6-7-8-9-10-11-12-13-14-15-26(38)35-34-23(20-25(31)37)28(39)32-21(2)16-17-24(36)27-22(3)30(18-19-30)33-29(27)40/h21,23,34H,4-20H2,1-3H3,(H2,31,37)(H,32,39)(H,33,40)(H,35,38)/t21-,23+/m0/s1. The van der Waals surface area contributed by atoms with Crippen LogP contribution in [-0.4, -0.2) is 47.0 Å². The topological polar surface area (TPSA) is 159 Å². The molecular weight excluding hydrogens is 510 g/mol. The number of unbranched alkanes of at least 4 members (excludes halogenated alkanes) is 10. The summed E-state index contributed by atoms with van der Waals surface area (Å²) >= 11 is 0. The Hall–Kier alpha value is -2.75. The number of primary amides is 1. The Kier molecular flexibility index (Phi) is 14.3. The maximum Gasteiger partial charge on any atom is 0.255 e. The lowest BCUT2D eigenvalue weighted by molar-refractivity contribution is -0.129. The van der Waals surface area contributed by atoms with E-state index >= 15 is 0 Å². The van der Waals surface area contributed by atoms with Crippen LogP contribution in [0.15, 0.2) is 11.1 Å². The summed E-state index contributed by atoms with van der Waals surface area (Å²) in [5, 5.41) is 5.67. The van der Waals surface area contributed by atoms with Gasteiger partial charge in [0.2, 0.25) is 17.7 Å². The van der Waals surface area contributed by atoms with Crippen molar-refractivity contribution in [2.24, 2.45) is 5.73 Å². The quantitative estimate of drug-likeness (QED) is 0.0774. The summed E-state index contributed by atoms with van der Waals surface area (Å²) in [7, 11) is 0. The van der Waals surface area contributed by atoms with Gasteiger partial charge in [0.05, 0.1) is 17.5 Å². The van der Waals surface area contributed by atoms with Crippen molar-refractivity contribution in [3.05, 3.63) is 11.1 Å². The van der Waals surface area contributed by atoms with Crippen LogP contribution in [0.4, 0.5) is 0 Å². The number of rotatable bonds is 22. The van der Waals surface area contributed by atoms with Crippen LogP contribution >= 0.6 is 0 Å². The number of amides is 4. The summed E-state index contributed by atoms with van der Waals surface area (Å²) in [5.41, 5.74) is 11.2. The van der Waals surface area contributed by atoms with Gasteiger partial charge < -0.3 is 16.4 Å². The fourth-order valence-corrected chi connectivity index (χ4v) is 5.22. The van der Waals surface area contributed by atoms with E-state index in [-0.39, 0.29) is 47.6 Å². The number of hydrogen-bond donors (Lipinski definition) is 5. The Morgan fingerprint density at radius 1 is 0.925 bits per heavy atom. The molecule has 0 bridgehead atoms. The summed E-state index contributed by atoms with van der Waals surface area (Å²) in [6.45, 7) is 5.80. The minimum Gasteiger partial charge on any atom is -0.370 e. The Labute approximate surface area is 239 Å². The van der Waals surface area contributed by atoms with Gasteiger partial charge in [0, 0.05) is 18.9 Å². The molecule has 1 fully saturated rings. The lowest BCUT2D eigenvalue weighted by Gasteiger charge is -2.21. The molecule has 2 rings (SSSR count). The number of carbonyl (C=O) groups is 5. The van der Waals surface area contributed by atoms with Crippen LogP contribution in [0.5, 0.6) is 0 Å². The summed E-state index contributed by atoms with van der Waals surface area (Å²) < 4.78 is 0. The molecule has 2 atom stereocenters. The van der Waals surface area contributed by atoms with Gasteiger partial charge in [-0.25, -0.2) is 5.43 Å². The predicted molar refractivity (Wildman–Crippen MR) is 155 cm³/mol. The number of nitrogens with one attached hydrogen (secondary N) is 4. The van der Waals surface area contributed by atoms with Crippen LogP contribution in [0.3, 0.4) is 0 Å². The molecular formula is C30H51N5O5. The first-order valence-electron chi connectivity index (χ1n) is 15.3. The molecule has 226 valence electrons. The van der Waals surface area contributed by atoms with Crippen LogP contribution in [0.2, 0.25) is 0 Å². The first-order valence-corrected chi connectivity index (χ1v) is 15.3. The highest BCUT2D eigenvalue weighted by Crippen LogP contribution is 2.47. The van der Waals surface area contributed by atoms with Gasteiger partial charge in [-0.05, 0) is 45.1 Å². The third-order valence-corrected chi connectivity index (χ3v) is 8.01. The van der Waals surface area contributed by atoms with Gasteiger partial charge in [-0.3, -0.25) is 29.4 Å². The Morgan fingerprint density at radius 2 is 1.50 bits per heavy atom. The molecule has 10 heteroatoms. The molecule has 0 radical (unpaired) electrons. The van der Waals surface area contributed by atoms with Crippen molar-refractivity contribution in [3.63, 3.8) is 0 Å².